The van der Waals surface area contributed by atoms with E-state index in [0.29, 0.717) is 6.54 Å². The number of carboxylic acid groups (broad SMARTS) is 1. The van der Waals surface area contributed by atoms with Crippen molar-refractivity contribution >= 4 is 17.7 Å². The van der Waals surface area contributed by atoms with Crippen molar-refractivity contribution in [2.75, 3.05) is 18.5 Å². The van der Waals surface area contributed by atoms with E-state index in [2.05, 4.69) is 0 Å². The molecule has 2 amide bonds. The molecular weight excluding hydrogens is 232 g/mol. The van der Waals surface area contributed by atoms with Gasteiger partial charge in [0, 0.05) is 19.3 Å². The zero-order valence-electron chi connectivity index (χ0n) is 10.5. The van der Waals surface area contributed by atoms with Gasteiger partial charge < -0.3 is 10.0 Å². The number of likely N-dealkylation sites (N-methyl/N-ethyl adjacent to an activating group) is 1. The maximum absolute atomic E-state index is 12.0. The standard InChI is InChI=1S/C13H16N2O3/c1-9-3-5-10(6-4-9)15-8-11(7-12(16)17)14(2)13(15)18/h3-6,11H,7-8H2,1-2H3,(H,16,17). The summed E-state index contributed by atoms with van der Waals surface area (Å²) >= 11 is 0. The second kappa shape index (κ2) is 4.68. The van der Waals surface area contributed by atoms with Crippen LogP contribution in [0.4, 0.5) is 10.5 Å². The maximum Gasteiger partial charge on any atom is 0.324 e. The van der Waals surface area contributed by atoms with E-state index >= 15 is 0 Å². The van der Waals surface area contributed by atoms with Gasteiger partial charge in [0.05, 0.1) is 12.5 Å². The van der Waals surface area contributed by atoms with Gasteiger partial charge in [-0.05, 0) is 19.1 Å². The molecule has 0 bridgehead atoms. The molecule has 1 heterocycles. The third kappa shape index (κ3) is 2.30. The largest absolute Gasteiger partial charge is 0.481 e. The first kappa shape index (κ1) is 12.4. The van der Waals surface area contributed by atoms with Gasteiger partial charge in [-0.3, -0.25) is 9.69 Å². The molecule has 1 atom stereocenters. The Hall–Kier alpha value is -2.04. The summed E-state index contributed by atoms with van der Waals surface area (Å²) < 4.78 is 0. The molecule has 1 unspecified atom stereocenters. The number of hydrogen-bond acceptors (Lipinski definition) is 2. The van der Waals surface area contributed by atoms with Gasteiger partial charge in [-0.1, -0.05) is 17.7 Å². The fourth-order valence-corrected chi connectivity index (χ4v) is 2.10. The van der Waals surface area contributed by atoms with Gasteiger partial charge in [0.25, 0.3) is 0 Å². The van der Waals surface area contributed by atoms with Crippen molar-refractivity contribution in [3.05, 3.63) is 29.8 Å². The number of benzene rings is 1. The van der Waals surface area contributed by atoms with E-state index in [-0.39, 0.29) is 18.5 Å². The predicted molar refractivity (Wildman–Crippen MR) is 67.7 cm³/mol. The van der Waals surface area contributed by atoms with Crippen LogP contribution in [0, 0.1) is 6.92 Å². The van der Waals surface area contributed by atoms with E-state index in [9.17, 15) is 9.59 Å². The molecule has 0 radical (unpaired) electrons. The Morgan fingerprint density at radius 1 is 1.39 bits per heavy atom. The average molecular weight is 248 g/mol. The molecule has 1 N–H and O–H groups in total. The zero-order chi connectivity index (χ0) is 13.3. The van der Waals surface area contributed by atoms with Gasteiger partial charge in [-0.15, -0.1) is 0 Å². The van der Waals surface area contributed by atoms with Gasteiger partial charge in [0.15, 0.2) is 0 Å². The molecule has 2 rings (SSSR count). The smallest absolute Gasteiger partial charge is 0.324 e. The topological polar surface area (TPSA) is 60.9 Å². The lowest BCUT2D eigenvalue weighted by molar-refractivity contribution is -0.137. The van der Waals surface area contributed by atoms with Crippen molar-refractivity contribution in [1.29, 1.82) is 0 Å². The minimum Gasteiger partial charge on any atom is -0.481 e. The molecule has 0 saturated carbocycles. The summed E-state index contributed by atoms with van der Waals surface area (Å²) in [7, 11) is 1.64. The highest BCUT2D eigenvalue weighted by Crippen LogP contribution is 2.24. The number of carboxylic acids is 1. The highest BCUT2D eigenvalue weighted by molar-refractivity contribution is 5.94. The number of amides is 2. The third-order valence-corrected chi connectivity index (χ3v) is 3.23. The van der Waals surface area contributed by atoms with E-state index < -0.39 is 5.97 Å². The molecule has 1 aliphatic heterocycles. The third-order valence-electron chi connectivity index (χ3n) is 3.23. The van der Waals surface area contributed by atoms with E-state index in [1.54, 1.807) is 11.9 Å². The van der Waals surface area contributed by atoms with Crippen molar-refractivity contribution < 1.29 is 14.7 Å². The van der Waals surface area contributed by atoms with Gasteiger partial charge in [-0.25, -0.2) is 4.79 Å². The normalized spacial score (nSPS) is 19.4. The molecule has 5 nitrogen and oxygen atoms in total. The van der Waals surface area contributed by atoms with Crippen LogP contribution in [-0.2, 0) is 4.79 Å². The zero-order valence-corrected chi connectivity index (χ0v) is 10.5. The summed E-state index contributed by atoms with van der Waals surface area (Å²) in [6.45, 7) is 2.40. The van der Waals surface area contributed by atoms with Crippen LogP contribution in [0.5, 0.6) is 0 Å². The van der Waals surface area contributed by atoms with Crippen LogP contribution < -0.4 is 4.90 Å². The Labute approximate surface area is 106 Å². The van der Waals surface area contributed by atoms with Crippen molar-refractivity contribution in [3.8, 4) is 0 Å². The molecular formula is C13H16N2O3. The number of carbonyl (C=O) groups is 2. The molecule has 5 heteroatoms. The van der Waals surface area contributed by atoms with Crippen LogP contribution >= 0.6 is 0 Å². The second-order valence-corrected chi connectivity index (χ2v) is 4.59. The van der Waals surface area contributed by atoms with Crippen LogP contribution in [0.2, 0.25) is 0 Å². The van der Waals surface area contributed by atoms with E-state index in [1.807, 2.05) is 31.2 Å². The highest BCUT2D eigenvalue weighted by atomic mass is 16.4. The summed E-state index contributed by atoms with van der Waals surface area (Å²) in [4.78, 5) is 25.9. The van der Waals surface area contributed by atoms with Crippen molar-refractivity contribution in [2.24, 2.45) is 0 Å². The maximum atomic E-state index is 12.0. The first-order valence-electron chi connectivity index (χ1n) is 5.82. The number of aryl methyl sites for hydroxylation is 1. The molecule has 1 aliphatic rings. The van der Waals surface area contributed by atoms with Crippen LogP contribution in [0.15, 0.2) is 24.3 Å². The highest BCUT2D eigenvalue weighted by Gasteiger charge is 2.36. The van der Waals surface area contributed by atoms with E-state index in [0.717, 1.165) is 11.3 Å². The summed E-state index contributed by atoms with van der Waals surface area (Å²) in [6, 6.07) is 7.22. The Bertz CT molecular complexity index is 470. The predicted octanol–water partition coefficient (Wildman–Crippen LogP) is 1.71. The molecule has 96 valence electrons. The molecule has 1 aromatic carbocycles. The van der Waals surface area contributed by atoms with Crippen LogP contribution in [0.3, 0.4) is 0 Å². The molecule has 0 aromatic heterocycles. The average Bonchev–Trinajstić information content (AvgIpc) is 2.58. The van der Waals surface area contributed by atoms with Crippen LogP contribution in [0.25, 0.3) is 0 Å². The number of carbonyl (C=O) groups excluding carboxylic acids is 1. The Morgan fingerprint density at radius 2 is 2.00 bits per heavy atom. The first-order chi connectivity index (χ1) is 8.49. The fourth-order valence-electron chi connectivity index (χ4n) is 2.10. The molecule has 0 spiro atoms. The number of rotatable bonds is 3. The minimum atomic E-state index is -0.884. The van der Waals surface area contributed by atoms with Crippen molar-refractivity contribution in [2.45, 2.75) is 19.4 Å². The van der Waals surface area contributed by atoms with E-state index in [1.165, 1.54) is 4.90 Å². The molecule has 0 aliphatic carbocycles. The molecule has 1 aromatic rings. The van der Waals surface area contributed by atoms with Crippen molar-refractivity contribution in [1.82, 2.24) is 4.90 Å². The molecule has 18 heavy (non-hydrogen) atoms. The van der Waals surface area contributed by atoms with Crippen molar-refractivity contribution in [3.63, 3.8) is 0 Å². The molecule has 1 saturated heterocycles. The number of nitrogens with zero attached hydrogens (tertiary/aromatic N) is 2. The van der Waals surface area contributed by atoms with E-state index in [4.69, 9.17) is 5.11 Å². The minimum absolute atomic E-state index is 0.0232. The number of anilines is 1. The van der Waals surface area contributed by atoms with Gasteiger partial charge in [-0.2, -0.15) is 0 Å². The lowest BCUT2D eigenvalue weighted by Gasteiger charge is -2.16. The monoisotopic (exact) mass is 248 g/mol. The lowest BCUT2D eigenvalue weighted by Crippen LogP contribution is -2.32. The van der Waals surface area contributed by atoms with Gasteiger partial charge >= 0.3 is 12.0 Å². The summed E-state index contributed by atoms with van der Waals surface area (Å²) in [5.41, 5.74) is 1.94. The van der Waals surface area contributed by atoms with Gasteiger partial charge in [0.1, 0.15) is 0 Å². The Kier molecular flexibility index (Phi) is 3.23. The fraction of sp³-hybridized carbons (Fsp3) is 0.385. The summed E-state index contributed by atoms with van der Waals surface area (Å²) in [5.74, 6) is -0.884. The molecule has 1 fully saturated rings. The number of aliphatic carboxylic acids is 1. The van der Waals surface area contributed by atoms with Crippen LogP contribution in [0.1, 0.15) is 12.0 Å². The van der Waals surface area contributed by atoms with Crippen LogP contribution in [-0.4, -0.2) is 41.6 Å². The Balaban J connectivity index is 2.18. The SMILES string of the molecule is Cc1ccc(N2CC(CC(=O)O)N(C)C2=O)cc1. The quantitative estimate of drug-likeness (QED) is 0.885. The number of urea groups is 1. The Morgan fingerprint density at radius 3 is 2.56 bits per heavy atom. The summed E-state index contributed by atoms with van der Waals surface area (Å²) in [5, 5.41) is 8.81. The number of hydrogen-bond donors (Lipinski definition) is 1. The second-order valence-electron chi connectivity index (χ2n) is 4.59. The lowest BCUT2D eigenvalue weighted by atomic mass is 10.2. The van der Waals surface area contributed by atoms with Gasteiger partial charge in [0.2, 0.25) is 0 Å². The first-order valence-corrected chi connectivity index (χ1v) is 5.82. The summed E-state index contributed by atoms with van der Waals surface area (Å²) in [6.07, 6.45) is -0.0232.